The van der Waals surface area contributed by atoms with E-state index in [2.05, 4.69) is 15.5 Å². The van der Waals surface area contributed by atoms with Gasteiger partial charge in [0.1, 0.15) is 5.60 Å². The van der Waals surface area contributed by atoms with E-state index in [-0.39, 0.29) is 12.1 Å². The maximum atomic E-state index is 9.56. The highest BCUT2D eigenvalue weighted by Crippen LogP contribution is 2.35. The van der Waals surface area contributed by atoms with Crippen LogP contribution in [0.2, 0.25) is 0 Å². The Morgan fingerprint density at radius 1 is 1.45 bits per heavy atom. The summed E-state index contributed by atoms with van der Waals surface area (Å²) in [5.41, 5.74) is -0.494. The third-order valence-electron chi connectivity index (χ3n) is 3.98. The smallest absolute Gasteiger partial charge is 0.243 e. The Labute approximate surface area is 117 Å². The van der Waals surface area contributed by atoms with Crippen molar-refractivity contribution in [2.24, 2.45) is 0 Å². The molecule has 2 aliphatic heterocycles. The molecule has 0 saturated carbocycles. The van der Waals surface area contributed by atoms with Gasteiger partial charge < -0.3 is 24.4 Å². The second kappa shape index (κ2) is 5.77. The minimum Gasteiger partial charge on any atom is -0.392 e. The zero-order chi connectivity index (χ0) is 14.0. The molecule has 2 atom stereocenters. The van der Waals surface area contributed by atoms with Gasteiger partial charge in [-0.15, -0.1) is 0 Å². The zero-order valence-electron chi connectivity index (χ0n) is 11.7. The third kappa shape index (κ3) is 2.58. The number of hydrogen-bond acceptors (Lipinski definition) is 7. The molecule has 1 aromatic rings. The molecule has 20 heavy (non-hydrogen) atoms. The monoisotopic (exact) mass is 283 g/mol. The molecule has 112 valence electrons. The molecular weight excluding hydrogens is 262 g/mol. The lowest BCUT2D eigenvalue weighted by atomic mass is 9.93. The summed E-state index contributed by atoms with van der Waals surface area (Å²) in [4.78, 5) is 4.51. The lowest BCUT2D eigenvalue weighted by molar-refractivity contribution is -0.118. The average Bonchev–Trinajstić information content (AvgIpc) is 3.09. The van der Waals surface area contributed by atoms with E-state index in [0.717, 1.165) is 12.8 Å². The van der Waals surface area contributed by atoms with Crippen LogP contribution >= 0.6 is 0 Å². The van der Waals surface area contributed by atoms with Crippen LogP contribution in [0.3, 0.4) is 0 Å². The molecule has 7 heteroatoms. The molecule has 2 N–H and O–H groups in total. The largest absolute Gasteiger partial charge is 0.392 e. The van der Waals surface area contributed by atoms with Crippen LogP contribution in [0.4, 0.5) is 0 Å². The summed E-state index contributed by atoms with van der Waals surface area (Å²) in [6.45, 7) is 4.42. The van der Waals surface area contributed by atoms with Crippen molar-refractivity contribution in [3.63, 3.8) is 0 Å². The second-order valence-electron chi connectivity index (χ2n) is 5.35. The number of aliphatic hydroxyl groups is 1. The van der Waals surface area contributed by atoms with E-state index < -0.39 is 5.60 Å². The molecule has 0 unspecified atom stereocenters. The quantitative estimate of drug-likeness (QED) is 0.832. The van der Waals surface area contributed by atoms with Gasteiger partial charge in [-0.25, -0.2) is 0 Å². The number of nitrogens with one attached hydrogen (secondary N) is 1. The first-order valence-corrected chi connectivity index (χ1v) is 7.21. The second-order valence-corrected chi connectivity index (χ2v) is 5.35. The van der Waals surface area contributed by atoms with Crippen molar-refractivity contribution in [1.29, 1.82) is 0 Å². The summed E-state index contributed by atoms with van der Waals surface area (Å²) in [6.07, 6.45) is 1.73. The Morgan fingerprint density at radius 3 is 2.90 bits per heavy atom. The molecule has 0 bridgehead atoms. The van der Waals surface area contributed by atoms with Gasteiger partial charge in [-0.1, -0.05) is 5.16 Å². The van der Waals surface area contributed by atoms with Gasteiger partial charge in [0.2, 0.25) is 11.7 Å². The minimum atomic E-state index is -0.494. The minimum absolute atomic E-state index is 0.0650. The van der Waals surface area contributed by atoms with E-state index in [1.54, 1.807) is 0 Å². The Bertz CT molecular complexity index is 439. The summed E-state index contributed by atoms with van der Waals surface area (Å²) in [5.74, 6) is 1.13. The topological polar surface area (TPSA) is 89.6 Å². The first kappa shape index (κ1) is 13.9. The predicted molar refractivity (Wildman–Crippen MR) is 69.0 cm³/mol. The fraction of sp³-hybridized carbons (Fsp3) is 0.846. The summed E-state index contributed by atoms with van der Waals surface area (Å²) in [5, 5.41) is 16.8. The molecule has 0 spiro atoms. The number of hydrogen-bond donors (Lipinski definition) is 2. The fourth-order valence-corrected chi connectivity index (χ4v) is 2.88. The van der Waals surface area contributed by atoms with E-state index in [0.29, 0.717) is 44.5 Å². The van der Waals surface area contributed by atoms with Crippen molar-refractivity contribution in [3.8, 4) is 0 Å². The lowest BCUT2D eigenvalue weighted by Crippen LogP contribution is -2.37. The molecule has 0 radical (unpaired) electrons. The van der Waals surface area contributed by atoms with E-state index in [1.807, 2.05) is 6.92 Å². The summed E-state index contributed by atoms with van der Waals surface area (Å²) < 4.78 is 16.7. The van der Waals surface area contributed by atoms with Crippen LogP contribution in [0, 0.1) is 0 Å². The van der Waals surface area contributed by atoms with Crippen LogP contribution in [0.15, 0.2) is 4.52 Å². The number of aliphatic hydroxyl groups excluding tert-OH is 1. The lowest BCUT2D eigenvalue weighted by Gasteiger charge is -2.33. The average molecular weight is 283 g/mol. The Balaban J connectivity index is 1.79. The van der Waals surface area contributed by atoms with Gasteiger partial charge in [-0.05, 0) is 13.3 Å². The van der Waals surface area contributed by atoms with Crippen LogP contribution in [0.25, 0.3) is 0 Å². The number of nitrogens with zero attached hydrogens (tertiary/aromatic N) is 2. The van der Waals surface area contributed by atoms with E-state index in [4.69, 9.17) is 14.0 Å². The normalized spacial score (nSPS) is 29.7. The third-order valence-corrected chi connectivity index (χ3v) is 3.98. The Kier molecular flexibility index (Phi) is 4.02. The van der Waals surface area contributed by atoms with Crippen molar-refractivity contribution in [1.82, 2.24) is 15.5 Å². The summed E-state index contributed by atoms with van der Waals surface area (Å²) >= 11 is 0. The first-order chi connectivity index (χ1) is 9.73. The number of rotatable bonds is 4. The van der Waals surface area contributed by atoms with Gasteiger partial charge in [-0.2, -0.15) is 4.98 Å². The van der Waals surface area contributed by atoms with Gasteiger partial charge in [0, 0.05) is 39.2 Å². The first-order valence-electron chi connectivity index (χ1n) is 7.21. The van der Waals surface area contributed by atoms with Crippen molar-refractivity contribution < 1.29 is 19.1 Å². The Hall–Kier alpha value is -1.02. The van der Waals surface area contributed by atoms with Gasteiger partial charge in [-0.3, -0.25) is 0 Å². The van der Waals surface area contributed by atoms with Gasteiger partial charge in [0.15, 0.2) is 0 Å². The van der Waals surface area contributed by atoms with Crippen LogP contribution in [0.5, 0.6) is 0 Å². The van der Waals surface area contributed by atoms with Crippen molar-refractivity contribution in [2.45, 2.75) is 43.9 Å². The van der Waals surface area contributed by atoms with Gasteiger partial charge in [0.05, 0.1) is 12.1 Å². The molecular formula is C13H21N3O4. The van der Waals surface area contributed by atoms with Crippen LogP contribution in [0.1, 0.15) is 43.9 Å². The highest BCUT2D eigenvalue weighted by atomic mass is 16.5. The molecule has 0 amide bonds. The van der Waals surface area contributed by atoms with Crippen LogP contribution in [-0.2, 0) is 15.1 Å². The molecule has 0 aliphatic carbocycles. The van der Waals surface area contributed by atoms with E-state index >= 15 is 0 Å². The highest BCUT2D eigenvalue weighted by molar-refractivity contribution is 5.06. The molecule has 3 rings (SSSR count). The standard InChI is InChI=1S/C13H21N3O4/c1-2-19-13(3-5-18-6-4-13)12-15-11(20-16-12)10-7-9(17)8-14-10/h9-10,14,17H,2-8H2,1H3/t9-,10-/m1/s1. The van der Waals surface area contributed by atoms with E-state index in [9.17, 15) is 5.11 Å². The fourth-order valence-electron chi connectivity index (χ4n) is 2.88. The molecule has 2 aliphatic rings. The van der Waals surface area contributed by atoms with Crippen molar-refractivity contribution in [2.75, 3.05) is 26.4 Å². The highest BCUT2D eigenvalue weighted by Gasteiger charge is 2.41. The molecule has 7 nitrogen and oxygen atoms in total. The number of aromatic nitrogens is 2. The SMILES string of the molecule is CCOC1(c2noc([C@H]3C[C@@H](O)CN3)n2)CCOCC1. The molecule has 1 aromatic heterocycles. The molecule has 3 heterocycles. The summed E-state index contributed by atoms with van der Waals surface area (Å²) in [7, 11) is 0. The van der Waals surface area contributed by atoms with Crippen molar-refractivity contribution in [3.05, 3.63) is 11.7 Å². The molecule has 2 fully saturated rings. The maximum Gasteiger partial charge on any atom is 0.243 e. The Morgan fingerprint density at radius 2 is 2.25 bits per heavy atom. The summed E-state index contributed by atoms with van der Waals surface area (Å²) in [6, 6.07) is -0.0650. The van der Waals surface area contributed by atoms with Crippen molar-refractivity contribution >= 4 is 0 Å². The van der Waals surface area contributed by atoms with Crippen LogP contribution < -0.4 is 5.32 Å². The number of ether oxygens (including phenoxy) is 2. The van der Waals surface area contributed by atoms with Crippen LogP contribution in [-0.4, -0.2) is 47.7 Å². The van der Waals surface area contributed by atoms with Gasteiger partial charge >= 0.3 is 0 Å². The maximum absolute atomic E-state index is 9.56. The predicted octanol–water partition coefficient (Wildman–Crippen LogP) is 0.507. The number of β-amino-alcohol motifs (C(OH)–C–C–N with tert-alkyl or cyclic N) is 1. The zero-order valence-corrected chi connectivity index (χ0v) is 11.7. The molecule has 2 saturated heterocycles. The van der Waals surface area contributed by atoms with Gasteiger partial charge in [0.25, 0.3) is 0 Å². The van der Waals surface area contributed by atoms with E-state index in [1.165, 1.54) is 0 Å². The molecule has 0 aromatic carbocycles.